The van der Waals surface area contributed by atoms with Crippen molar-refractivity contribution in [3.05, 3.63) is 82.5 Å². The lowest BCUT2D eigenvalue weighted by molar-refractivity contribution is 0.0760. The molecule has 0 saturated heterocycles. The maximum Gasteiger partial charge on any atom is 0.258 e. The van der Waals surface area contributed by atoms with E-state index in [-0.39, 0.29) is 5.91 Å². The number of aromatic nitrogens is 2. The second kappa shape index (κ2) is 8.25. The molecule has 0 radical (unpaired) electrons. The van der Waals surface area contributed by atoms with Crippen LogP contribution >= 0.6 is 11.6 Å². The topological polar surface area (TPSA) is 80.5 Å². The Balaban J connectivity index is 1.61. The smallest absolute Gasteiger partial charge is 0.258 e. The number of hydroxylamine groups is 1. The van der Waals surface area contributed by atoms with Crippen LogP contribution in [0.5, 0.6) is 0 Å². The highest BCUT2D eigenvalue weighted by Gasteiger charge is 2.35. The normalized spacial score (nSPS) is 15.9. The number of amides is 1. The van der Waals surface area contributed by atoms with Crippen molar-refractivity contribution in [2.75, 3.05) is 7.11 Å². The largest absolute Gasteiger partial charge is 0.337 e. The van der Waals surface area contributed by atoms with E-state index in [4.69, 9.17) is 21.0 Å². The highest BCUT2D eigenvalue weighted by molar-refractivity contribution is 6.33. The van der Waals surface area contributed by atoms with E-state index in [2.05, 4.69) is 15.6 Å². The minimum absolute atomic E-state index is 0.236. The molecular weight excluding hydrogens is 411 g/mol. The molecule has 0 saturated carbocycles. The monoisotopic (exact) mass is 428 g/mol. The SMILES string of the molecule is CONC1=CN(C(=O)c2ccc(-c3ccc(F)cc3Cl)cc2)[C@H](c2nc(C)no2)C1. The molecule has 0 bridgehead atoms. The third-order valence-corrected chi connectivity index (χ3v) is 5.03. The number of carbonyl (C=O) groups excluding carboxylic acids is 1. The Kier molecular flexibility index (Phi) is 5.52. The number of nitrogens with zero attached hydrogens (tertiary/aromatic N) is 3. The number of nitrogens with one attached hydrogen (secondary N) is 1. The zero-order chi connectivity index (χ0) is 21.3. The van der Waals surface area contributed by atoms with Gasteiger partial charge in [-0.05, 0) is 42.8 Å². The van der Waals surface area contributed by atoms with Crippen LogP contribution in [0.25, 0.3) is 11.1 Å². The number of rotatable bonds is 5. The van der Waals surface area contributed by atoms with E-state index in [0.717, 1.165) is 5.56 Å². The molecule has 30 heavy (non-hydrogen) atoms. The lowest BCUT2D eigenvalue weighted by Crippen LogP contribution is -2.27. The molecule has 154 valence electrons. The van der Waals surface area contributed by atoms with Crippen molar-refractivity contribution in [3.8, 4) is 11.1 Å². The second-order valence-electron chi connectivity index (χ2n) is 6.77. The van der Waals surface area contributed by atoms with Gasteiger partial charge >= 0.3 is 0 Å². The quantitative estimate of drug-likeness (QED) is 0.606. The predicted octanol–water partition coefficient (Wildman–Crippen LogP) is 4.42. The van der Waals surface area contributed by atoms with Gasteiger partial charge in [0, 0.05) is 23.7 Å². The first kappa shape index (κ1) is 20.1. The number of hydrogen-bond donors (Lipinski definition) is 1. The Labute approximate surface area is 177 Å². The van der Waals surface area contributed by atoms with Crippen LogP contribution in [-0.2, 0) is 4.84 Å². The maximum atomic E-state index is 13.3. The first-order chi connectivity index (χ1) is 14.5. The van der Waals surface area contributed by atoms with Crippen LogP contribution in [0.4, 0.5) is 4.39 Å². The maximum absolute atomic E-state index is 13.3. The minimum Gasteiger partial charge on any atom is -0.337 e. The molecule has 1 amide bonds. The lowest BCUT2D eigenvalue weighted by atomic mass is 10.0. The van der Waals surface area contributed by atoms with E-state index in [0.29, 0.717) is 40.0 Å². The highest BCUT2D eigenvalue weighted by Crippen LogP contribution is 2.34. The van der Waals surface area contributed by atoms with Crippen molar-refractivity contribution >= 4 is 17.5 Å². The fraction of sp³-hybridized carbons (Fsp3) is 0.190. The average Bonchev–Trinajstić information content (AvgIpc) is 3.34. The summed E-state index contributed by atoms with van der Waals surface area (Å²) in [5, 5.41) is 4.12. The molecule has 3 aromatic rings. The van der Waals surface area contributed by atoms with Crippen LogP contribution in [-0.4, -0.2) is 28.1 Å². The number of hydrogen-bond acceptors (Lipinski definition) is 6. The summed E-state index contributed by atoms with van der Waals surface area (Å²) in [6.07, 6.45) is 2.12. The van der Waals surface area contributed by atoms with Crippen LogP contribution in [0.15, 0.2) is 58.9 Å². The van der Waals surface area contributed by atoms with Crippen molar-refractivity contribution in [3.63, 3.8) is 0 Å². The van der Waals surface area contributed by atoms with Gasteiger partial charge in [0.05, 0.1) is 17.8 Å². The van der Waals surface area contributed by atoms with Gasteiger partial charge in [-0.15, -0.1) is 0 Å². The second-order valence-corrected chi connectivity index (χ2v) is 7.18. The van der Waals surface area contributed by atoms with E-state index < -0.39 is 11.9 Å². The summed E-state index contributed by atoms with van der Waals surface area (Å²) in [6.45, 7) is 1.72. The molecule has 1 aromatic heterocycles. The van der Waals surface area contributed by atoms with Gasteiger partial charge in [-0.1, -0.05) is 28.9 Å². The number of aryl methyl sites for hydroxylation is 1. The standard InChI is InChI=1S/C21H18ClFN4O3/c1-12-24-20(30-25-12)19-10-16(26-29-2)11-27(19)21(28)14-5-3-13(4-6-14)17-8-7-15(23)9-18(17)22/h3-9,11,19,26H,10H2,1-2H3/t19-/m0/s1. The van der Waals surface area contributed by atoms with Crippen molar-refractivity contribution in [1.82, 2.24) is 20.5 Å². The number of benzene rings is 2. The van der Waals surface area contributed by atoms with Crippen LogP contribution in [0.2, 0.25) is 5.02 Å². The summed E-state index contributed by atoms with van der Waals surface area (Å²) in [4.78, 5) is 24.0. The van der Waals surface area contributed by atoms with E-state index >= 15 is 0 Å². The zero-order valence-electron chi connectivity index (χ0n) is 16.2. The third-order valence-electron chi connectivity index (χ3n) is 4.71. The molecule has 1 aliphatic heterocycles. The molecule has 9 heteroatoms. The molecule has 1 atom stereocenters. The summed E-state index contributed by atoms with van der Waals surface area (Å²) in [7, 11) is 1.50. The van der Waals surface area contributed by atoms with Crippen molar-refractivity contribution in [1.29, 1.82) is 0 Å². The van der Waals surface area contributed by atoms with Crippen LogP contribution in [0, 0.1) is 12.7 Å². The molecule has 0 aliphatic carbocycles. The Morgan fingerprint density at radius 2 is 2.07 bits per heavy atom. The molecule has 0 fully saturated rings. The molecule has 2 aromatic carbocycles. The molecule has 4 rings (SSSR count). The average molecular weight is 429 g/mol. The Hall–Kier alpha value is -3.23. The molecule has 1 N–H and O–H groups in total. The summed E-state index contributed by atoms with van der Waals surface area (Å²) >= 11 is 6.14. The molecule has 1 aliphatic rings. The van der Waals surface area contributed by atoms with Gasteiger partial charge in [-0.25, -0.2) is 4.39 Å². The van der Waals surface area contributed by atoms with Gasteiger partial charge in [0.15, 0.2) is 5.82 Å². The van der Waals surface area contributed by atoms with E-state index in [1.165, 1.54) is 24.1 Å². The molecule has 0 spiro atoms. The summed E-state index contributed by atoms with van der Waals surface area (Å²) < 4.78 is 18.6. The van der Waals surface area contributed by atoms with Gasteiger partial charge in [-0.3, -0.25) is 15.1 Å². The van der Waals surface area contributed by atoms with Crippen LogP contribution in [0.1, 0.15) is 34.5 Å². The van der Waals surface area contributed by atoms with Crippen LogP contribution < -0.4 is 5.48 Å². The summed E-state index contributed by atoms with van der Waals surface area (Å²) in [5.74, 6) is 0.199. The van der Waals surface area contributed by atoms with Gasteiger partial charge in [-0.2, -0.15) is 4.98 Å². The fourth-order valence-electron chi connectivity index (χ4n) is 3.34. The Bertz CT molecular complexity index is 1110. The molecule has 0 unspecified atom stereocenters. The summed E-state index contributed by atoms with van der Waals surface area (Å²) in [6, 6.07) is 10.7. The van der Waals surface area contributed by atoms with Crippen molar-refractivity contribution in [2.45, 2.75) is 19.4 Å². The minimum atomic E-state index is -0.442. The first-order valence-corrected chi connectivity index (χ1v) is 9.52. The molecule has 2 heterocycles. The van der Waals surface area contributed by atoms with Gasteiger partial charge in [0.2, 0.25) is 5.89 Å². The van der Waals surface area contributed by atoms with E-state index in [1.807, 2.05) is 0 Å². The molecule has 7 nitrogen and oxygen atoms in total. The zero-order valence-corrected chi connectivity index (χ0v) is 17.0. The number of carbonyl (C=O) groups is 1. The van der Waals surface area contributed by atoms with Crippen molar-refractivity contribution in [2.24, 2.45) is 0 Å². The number of halogens is 2. The highest BCUT2D eigenvalue weighted by atomic mass is 35.5. The van der Waals surface area contributed by atoms with Crippen molar-refractivity contribution < 1.29 is 18.5 Å². The third kappa shape index (κ3) is 3.92. The summed E-state index contributed by atoms with van der Waals surface area (Å²) in [5.41, 5.74) is 5.40. The van der Waals surface area contributed by atoms with Crippen LogP contribution in [0.3, 0.4) is 0 Å². The van der Waals surface area contributed by atoms with E-state index in [1.54, 1.807) is 43.5 Å². The fourth-order valence-corrected chi connectivity index (χ4v) is 3.61. The first-order valence-electron chi connectivity index (χ1n) is 9.14. The Morgan fingerprint density at radius 3 is 2.70 bits per heavy atom. The lowest BCUT2D eigenvalue weighted by Gasteiger charge is -2.20. The Morgan fingerprint density at radius 1 is 1.30 bits per heavy atom. The predicted molar refractivity (Wildman–Crippen MR) is 108 cm³/mol. The molecular formula is C21H18ClFN4O3. The van der Waals surface area contributed by atoms with Gasteiger partial charge < -0.3 is 9.42 Å². The van der Waals surface area contributed by atoms with E-state index in [9.17, 15) is 9.18 Å². The van der Waals surface area contributed by atoms with Gasteiger partial charge in [0.25, 0.3) is 5.91 Å². The van der Waals surface area contributed by atoms with Gasteiger partial charge in [0.1, 0.15) is 11.9 Å².